The van der Waals surface area contributed by atoms with Gasteiger partial charge in [0.1, 0.15) is 0 Å². The summed E-state index contributed by atoms with van der Waals surface area (Å²) in [4.78, 5) is 11.9. The zero-order valence-electron chi connectivity index (χ0n) is 17.4. The fourth-order valence-electron chi connectivity index (χ4n) is 2.16. The van der Waals surface area contributed by atoms with Crippen LogP contribution in [-0.4, -0.2) is 31.9 Å². The molecule has 5 nitrogen and oxygen atoms in total. The fraction of sp³-hybridized carbons (Fsp3) is 0.591. The minimum absolute atomic E-state index is 0.0983. The normalized spacial score (nSPS) is 12.0. The van der Waals surface area contributed by atoms with Gasteiger partial charge >= 0.3 is 5.97 Å². The van der Waals surface area contributed by atoms with Gasteiger partial charge in [-0.2, -0.15) is 0 Å². The van der Waals surface area contributed by atoms with E-state index in [1.165, 1.54) is 6.08 Å². The van der Waals surface area contributed by atoms with E-state index in [9.17, 15) is 4.79 Å². The monoisotopic (exact) mass is 378 g/mol. The van der Waals surface area contributed by atoms with E-state index >= 15 is 0 Å². The van der Waals surface area contributed by atoms with Gasteiger partial charge in [-0.15, -0.1) is 0 Å². The minimum Gasteiger partial charge on any atom is -0.490 e. The summed E-state index contributed by atoms with van der Waals surface area (Å²) >= 11 is 0. The van der Waals surface area contributed by atoms with Gasteiger partial charge in [-0.25, -0.2) is 4.79 Å². The zero-order chi connectivity index (χ0) is 20.1. The number of esters is 1. The first-order valence-corrected chi connectivity index (χ1v) is 10.0. The molecule has 0 aromatic heterocycles. The van der Waals surface area contributed by atoms with Crippen LogP contribution in [0.1, 0.15) is 65.9 Å². The predicted molar refractivity (Wildman–Crippen MR) is 109 cm³/mol. The molecule has 0 saturated carbocycles. The van der Waals surface area contributed by atoms with Crippen molar-refractivity contribution in [2.45, 2.75) is 66.4 Å². The maximum atomic E-state index is 11.9. The molecule has 1 aromatic carbocycles. The Hall–Kier alpha value is -2.17. The number of hydrogen-bond donors (Lipinski definition) is 0. The quantitative estimate of drug-likeness (QED) is 0.339. The van der Waals surface area contributed by atoms with E-state index < -0.39 is 0 Å². The molecule has 0 aliphatic rings. The molecule has 1 aromatic rings. The highest BCUT2D eigenvalue weighted by atomic mass is 16.5. The van der Waals surface area contributed by atoms with Crippen molar-refractivity contribution in [3.05, 3.63) is 23.8 Å². The van der Waals surface area contributed by atoms with Crippen LogP contribution in [0.3, 0.4) is 0 Å². The number of hydrogen-bond acceptors (Lipinski definition) is 5. The third-order valence-corrected chi connectivity index (χ3v) is 3.72. The molecule has 1 atom stereocenters. The molecule has 152 valence electrons. The van der Waals surface area contributed by atoms with Crippen LogP contribution in [0.2, 0.25) is 0 Å². The van der Waals surface area contributed by atoms with Gasteiger partial charge in [-0.3, -0.25) is 0 Å². The SMILES string of the molecule is CCCOc1cc(C=CC(=O)OC(C)CC)cc(OCCC)c1OCCC. The zero-order valence-corrected chi connectivity index (χ0v) is 17.4. The molecule has 0 bridgehead atoms. The molecule has 1 unspecified atom stereocenters. The second-order valence-corrected chi connectivity index (χ2v) is 6.38. The van der Waals surface area contributed by atoms with Crippen LogP contribution in [0.15, 0.2) is 18.2 Å². The van der Waals surface area contributed by atoms with Gasteiger partial charge in [0.25, 0.3) is 0 Å². The molecular weight excluding hydrogens is 344 g/mol. The van der Waals surface area contributed by atoms with Crippen LogP contribution in [0, 0.1) is 0 Å². The molecule has 0 N–H and O–H groups in total. The van der Waals surface area contributed by atoms with E-state index in [2.05, 4.69) is 20.8 Å². The van der Waals surface area contributed by atoms with Crippen molar-refractivity contribution >= 4 is 12.0 Å². The maximum absolute atomic E-state index is 11.9. The van der Waals surface area contributed by atoms with Crippen molar-refractivity contribution < 1.29 is 23.7 Å². The highest BCUT2D eigenvalue weighted by Crippen LogP contribution is 2.39. The Morgan fingerprint density at radius 1 is 0.926 bits per heavy atom. The van der Waals surface area contributed by atoms with Gasteiger partial charge in [0.2, 0.25) is 5.75 Å². The molecule has 0 aliphatic heterocycles. The second kappa shape index (κ2) is 13.1. The average Bonchev–Trinajstić information content (AvgIpc) is 2.67. The molecule has 1 rings (SSSR count). The van der Waals surface area contributed by atoms with E-state index in [4.69, 9.17) is 18.9 Å². The summed E-state index contributed by atoms with van der Waals surface area (Å²) in [6, 6.07) is 3.74. The van der Waals surface area contributed by atoms with Gasteiger partial charge in [0.05, 0.1) is 25.9 Å². The van der Waals surface area contributed by atoms with Gasteiger partial charge in [0, 0.05) is 6.08 Å². The van der Waals surface area contributed by atoms with Crippen LogP contribution in [-0.2, 0) is 9.53 Å². The average molecular weight is 379 g/mol. The van der Waals surface area contributed by atoms with Crippen LogP contribution in [0.4, 0.5) is 0 Å². The number of carbonyl (C=O) groups excluding carboxylic acids is 1. The summed E-state index contributed by atoms with van der Waals surface area (Å²) in [6.45, 7) is 11.8. The minimum atomic E-state index is -0.359. The van der Waals surface area contributed by atoms with Crippen LogP contribution >= 0.6 is 0 Å². The van der Waals surface area contributed by atoms with Crippen molar-refractivity contribution in [3.63, 3.8) is 0 Å². The van der Waals surface area contributed by atoms with Crippen molar-refractivity contribution in [2.24, 2.45) is 0 Å². The number of benzene rings is 1. The molecule has 0 saturated heterocycles. The van der Waals surface area contributed by atoms with E-state index in [0.717, 1.165) is 31.2 Å². The molecule has 0 heterocycles. The Labute approximate surface area is 163 Å². The van der Waals surface area contributed by atoms with Crippen molar-refractivity contribution in [1.82, 2.24) is 0 Å². The van der Waals surface area contributed by atoms with Crippen molar-refractivity contribution in [1.29, 1.82) is 0 Å². The van der Waals surface area contributed by atoms with Gasteiger partial charge in [-0.05, 0) is 56.4 Å². The largest absolute Gasteiger partial charge is 0.490 e. The standard InChI is InChI=1S/C22H34O5/c1-6-12-24-19-15-18(10-11-21(23)27-17(5)9-4)16-20(25-13-7-2)22(19)26-14-8-3/h10-11,15-17H,6-9,12-14H2,1-5H3. The molecule has 0 aliphatic carbocycles. The smallest absolute Gasteiger partial charge is 0.331 e. The number of carbonyl (C=O) groups is 1. The van der Waals surface area contributed by atoms with Gasteiger partial charge in [-0.1, -0.05) is 27.7 Å². The highest BCUT2D eigenvalue weighted by Gasteiger charge is 2.15. The molecule has 0 amide bonds. The molecule has 5 heteroatoms. The fourth-order valence-corrected chi connectivity index (χ4v) is 2.16. The summed E-state index contributed by atoms with van der Waals surface area (Å²) in [5.74, 6) is 1.53. The molecule has 0 fully saturated rings. The summed E-state index contributed by atoms with van der Waals surface area (Å²) in [5, 5.41) is 0. The van der Waals surface area contributed by atoms with Crippen molar-refractivity contribution in [3.8, 4) is 17.2 Å². The third-order valence-electron chi connectivity index (χ3n) is 3.72. The highest BCUT2D eigenvalue weighted by molar-refractivity contribution is 5.87. The summed E-state index contributed by atoms with van der Waals surface area (Å²) in [6.07, 6.45) is 6.50. The Kier molecular flexibility index (Phi) is 11.1. The lowest BCUT2D eigenvalue weighted by Crippen LogP contribution is -2.11. The molecule has 27 heavy (non-hydrogen) atoms. The van der Waals surface area contributed by atoms with E-state index in [1.54, 1.807) is 6.08 Å². The van der Waals surface area contributed by atoms with Gasteiger partial charge in [0.15, 0.2) is 11.5 Å². The van der Waals surface area contributed by atoms with Crippen LogP contribution < -0.4 is 14.2 Å². The topological polar surface area (TPSA) is 54.0 Å². The summed E-state index contributed by atoms with van der Waals surface area (Å²) in [5.41, 5.74) is 0.803. The second-order valence-electron chi connectivity index (χ2n) is 6.38. The lowest BCUT2D eigenvalue weighted by atomic mass is 10.1. The van der Waals surface area contributed by atoms with E-state index in [1.807, 2.05) is 26.0 Å². The third kappa shape index (κ3) is 8.37. The number of rotatable bonds is 13. The van der Waals surface area contributed by atoms with Gasteiger partial charge < -0.3 is 18.9 Å². The lowest BCUT2D eigenvalue weighted by molar-refractivity contribution is -0.142. The Morgan fingerprint density at radius 3 is 1.93 bits per heavy atom. The first-order valence-electron chi connectivity index (χ1n) is 10.0. The Morgan fingerprint density at radius 2 is 1.44 bits per heavy atom. The molecule has 0 radical (unpaired) electrons. The lowest BCUT2D eigenvalue weighted by Gasteiger charge is -2.17. The van der Waals surface area contributed by atoms with E-state index in [0.29, 0.717) is 37.1 Å². The van der Waals surface area contributed by atoms with Crippen LogP contribution in [0.5, 0.6) is 17.2 Å². The molecular formula is C22H34O5. The Balaban J connectivity index is 3.13. The van der Waals surface area contributed by atoms with Crippen LogP contribution in [0.25, 0.3) is 6.08 Å². The Bertz CT molecular complexity index is 565. The summed E-state index contributed by atoms with van der Waals surface area (Å²) in [7, 11) is 0. The first-order chi connectivity index (χ1) is 13.0. The number of ether oxygens (including phenoxy) is 4. The molecule has 0 spiro atoms. The van der Waals surface area contributed by atoms with E-state index in [-0.39, 0.29) is 12.1 Å². The predicted octanol–water partition coefficient (Wildman–Crippen LogP) is 5.41. The summed E-state index contributed by atoms with van der Waals surface area (Å²) < 4.78 is 22.9. The first kappa shape index (κ1) is 22.9. The van der Waals surface area contributed by atoms with Crippen molar-refractivity contribution in [2.75, 3.05) is 19.8 Å². The maximum Gasteiger partial charge on any atom is 0.331 e.